The molecule has 0 unspecified atom stereocenters. The number of ether oxygens (including phenoxy) is 1. The molecule has 1 aliphatic rings. The standard InChI is InChI=1S/C26H22O2S/c27-22-11-9-19(10-12-22)18-28-23-13-15-24(16-14-23)29-25-7-3-1-5-20(25)17-21-6-2-4-8-26(21)29/h1-16,27,29H,17-18H2. The largest absolute Gasteiger partial charge is 0.508 e. The Morgan fingerprint density at radius 1 is 0.690 bits per heavy atom. The first kappa shape index (κ1) is 17.9. The van der Waals surface area contributed by atoms with Crippen molar-refractivity contribution in [3.05, 3.63) is 114 Å². The Bertz CT molecular complexity index is 1090. The minimum Gasteiger partial charge on any atom is -0.508 e. The van der Waals surface area contributed by atoms with Crippen molar-refractivity contribution in [3.63, 3.8) is 0 Å². The Morgan fingerprint density at radius 3 is 1.90 bits per heavy atom. The minimum absolute atomic E-state index is 0.272. The molecule has 0 radical (unpaired) electrons. The van der Waals surface area contributed by atoms with Gasteiger partial charge < -0.3 is 9.84 Å². The summed E-state index contributed by atoms with van der Waals surface area (Å²) in [5.74, 6) is 1.13. The molecule has 2 nitrogen and oxygen atoms in total. The van der Waals surface area contributed by atoms with Crippen LogP contribution in [0.25, 0.3) is 0 Å². The maximum absolute atomic E-state index is 9.40. The fraction of sp³-hybridized carbons (Fsp3) is 0.0769. The number of rotatable bonds is 4. The average molecular weight is 399 g/mol. The van der Waals surface area contributed by atoms with E-state index >= 15 is 0 Å². The summed E-state index contributed by atoms with van der Waals surface area (Å²) >= 11 is 0. The third-order valence-corrected chi connectivity index (χ3v) is 7.93. The summed E-state index contributed by atoms with van der Waals surface area (Å²) in [6.07, 6.45) is 1.01. The molecule has 0 amide bonds. The number of thiol groups is 1. The second-order valence-corrected chi connectivity index (χ2v) is 9.37. The summed E-state index contributed by atoms with van der Waals surface area (Å²) in [5, 5.41) is 9.40. The van der Waals surface area contributed by atoms with Gasteiger partial charge >= 0.3 is 0 Å². The summed E-state index contributed by atoms with van der Waals surface area (Å²) in [5.41, 5.74) is 3.90. The Morgan fingerprint density at radius 2 is 1.28 bits per heavy atom. The van der Waals surface area contributed by atoms with Crippen LogP contribution in [0.3, 0.4) is 0 Å². The van der Waals surface area contributed by atoms with E-state index < -0.39 is 10.9 Å². The van der Waals surface area contributed by atoms with E-state index in [0.717, 1.165) is 17.7 Å². The maximum Gasteiger partial charge on any atom is 0.119 e. The van der Waals surface area contributed by atoms with Crippen LogP contribution in [-0.4, -0.2) is 5.11 Å². The summed E-state index contributed by atoms with van der Waals surface area (Å²) in [7, 11) is -0.551. The van der Waals surface area contributed by atoms with Crippen LogP contribution in [-0.2, 0) is 13.0 Å². The quantitative estimate of drug-likeness (QED) is 0.345. The van der Waals surface area contributed by atoms with E-state index in [1.165, 1.54) is 25.8 Å². The highest BCUT2D eigenvalue weighted by atomic mass is 32.2. The second kappa shape index (κ2) is 7.69. The number of fused-ring (bicyclic) bond motifs is 2. The van der Waals surface area contributed by atoms with Crippen LogP contribution >= 0.6 is 10.9 Å². The third-order valence-electron chi connectivity index (χ3n) is 5.28. The summed E-state index contributed by atoms with van der Waals surface area (Å²) in [6.45, 7) is 0.486. The molecular weight excluding hydrogens is 376 g/mol. The van der Waals surface area contributed by atoms with E-state index in [2.05, 4.69) is 72.8 Å². The van der Waals surface area contributed by atoms with Gasteiger partial charge in [-0.05, 0) is 86.3 Å². The summed E-state index contributed by atoms with van der Waals surface area (Å²) < 4.78 is 5.94. The van der Waals surface area contributed by atoms with Gasteiger partial charge in [-0.1, -0.05) is 48.5 Å². The van der Waals surface area contributed by atoms with Crippen LogP contribution in [0.2, 0.25) is 0 Å². The van der Waals surface area contributed by atoms with Gasteiger partial charge in [-0.25, -0.2) is 0 Å². The lowest BCUT2D eigenvalue weighted by Gasteiger charge is -2.32. The van der Waals surface area contributed by atoms with Gasteiger partial charge in [-0.3, -0.25) is 0 Å². The highest BCUT2D eigenvalue weighted by molar-refractivity contribution is 8.17. The van der Waals surface area contributed by atoms with E-state index in [1.54, 1.807) is 12.1 Å². The lowest BCUT2D eigenvalue weighted by Crippen LogP contribution is -2.04. The fourth-order valence-electron chi connectivity index (χ4n) is 3.82. The van der Waals surface area contributed by atoms with Crippen molar-refractivity contribution < 1.29 is 9.84 Å². The van der Waals surface area contributed by atoms with Gasteiger partial charge in [0.2, 0.25) is 0 Å². The van der Waals surface area contributed by atoms with E-state index in [1.807, 2.05) is 12.1 Å². The molecule has 0 bridgehead atoms. The number of hydrogen-bond acceptors (Lipinski definition) is 2. The molecule has 0 spiro atoms. The van der Waals surface area contributed by atoms with Crippen LogP contribution in [0.4, 0.5) is 0 Å². The number of phenols is 1. The third kappa shape index (κ3) is 3.62. The number of aromatic hydroxyl groups is 1. The van der Waals surface area contributed by atoms with E-state index in [-0.39, 0.29) is 5.75 Å². The molecule has 1 N–H and O–H groups in total. The summed E-state index contributed by atoms with van der Waals surface area (Å²) in [6, 6.07) is 33.3. The van der Waals surface area contributed by atoms with Gasteiger partial charge in [0, 0.05) is 0 Å². The maximum atomic E-state index is 9.40. The second-order valence-electron chi connectivity index (χ2n) is 7.22. The van der Waals surface area contributed by atoms with Crippen molar-refractivity contribution in [2.45, 2.75) is 27.7 Å². The molecule has 5 rings (SSSR count). The predicted molar refractivity (Wildman–Crippen MR) is 118 cm³/mol. The molecule has 0 aromatic heterocycles. The van der Waals surface area contributed by atoms with Gasteiger partial charge in [-0.2, -0.15) is 10.9 Å². The highest BCUT2D eigenvalue weighted by Gasteiger charge is 2.23. The van der Waals surface area contributed by atoms with Crippen LogP contribution in [0.5, 0.6) is 11.5 Å². The average Bonchev–Trinajstić information content (AvgIpc) is 2.77. The number of hydrogen-bond donors (Lipinski definition) is 2. The molecular formula is C26H22O2S. The van der Waals surface area contributed by atoms with Gasteiger partial charge in [0.1, 0.15) is 18.1 Å². The zero-order valence-electron chi connectivity index (χ0n) is 16.0. The fourth-order valence-corrected chi connectivity index (χ4v) is 6.44. The smallest absolute Gasteiger partial charge is 0.119 e. The summed E-state index contributed by atoms with van der Waals surface area (Å²) in [4.78, 5) is 4.26. The molecule has 144 valence electrons. The van der Waals surface area contributed by atoms with Crippen molar-refractivity contribution in [1.82, 2.24) is 0 Å². The SMILES string of the molecule is Oc1ccc(COc2ccc([SH]3c4ccccc4Cc4ccccc43)cc2)cc1. The lowest BCUT2D eigenvalue weighted by atomic mass is 10.0. The Labute approximate surface area is 173 Å². The Kier molecular flexibility index (Phi) is 4.74. The monoisotopic (exact) mass is 398 g/mol. The lowest BCUT2D eigenvalue weighted by molar-refractivity contribution is 0.306. The first-order valence-corrected chi connectivity index (χ1v) is 11.1. The van der Waals surface area contributed by atoms with Gasteiger partial charge in [0.25, 0.3) is 0 Å². The van der Waals surface area contributed by atoms with Crippen molar-refractivity contribution in [1.29, 1.82) is 0 Å². The molecule has 0 aliphatic carbocycles. The molecule has 1 aliphatic heterocycles. The zero-order chi connectivity index (χ0) is 19.6. The molecule has 1 heterocycles. The van der Waals surface area contributed by atoms with Crippen LogP contribution in [0, 0.1) is 0 Å². The normalized spacial score (nSPS) is 13.4. The van der Waals surface area contributed by atoms with Crippen molar-refractivity contribution in [2.75, 3.05) is 0 Å². The topological polar surface area (TPSA) is 29.5 Å². The van der Waals surface area contributed by atoms with Crippen molar-refractivity contribution >= 4 is 10.9 Å². The Hall–Kier alpha value is -3.17. The molecule has 0 saturated heterocycles. The highest BCUT2D eigenvalue weighted by Crippen LogP contribution is 2.56. The van der Waals surface area contributed by atoms with E-state index in [0.29, 0.717) is 6.61 Å². The minimum atomic E-state index is -0.551. The molecule has 4 aromatic rings. The van der Waals surface area contributed by atoms with Gasteiger partial charge in [0.05, 0.1) is 0 Å². The molecule has 0 atom stereocenters. The number of phenolic OH excluding ortho intramolecular Hbond substituents is 1. The predicted octanol–water partition coefficient (Wildman–Crippen LogP) is 6.35. The molecule has 4 aromatic carbocycles. The molecule has 0 fully saturated rings. The Balaban J connectivity index is 1.42. The van der Waals surface area contributed by atoms with Gasteiger partial charge in [-0.15, -0.1) is 0 Å². The molecule has 29 heavy (non-hydrogen) atoms. The zero-order valence-corrected chi connectivity index (χ0v) is 16.8. The first-order chi connectivity index (χ1) is 14.3. The van der Waals surface area contributed by atoms with Crippen LogP contribution in [0.1, 0.15) is 16.7 Å². The van der Waals surface area contributed by atoms with Crippen LogP contribution < -0.4 is 4.74 Å². The van der Waals surface area contributed by atoms with E-state index in [4.69, 9.17) is 4.74 Å². The molecule has 0 saturated carbocycles. The van der Waals surface area contributed by atoms with E-state index in [9.17, 15) is 5.11 Å². The van der Waals surface area contributed by atoms with Gasteiger partial charge in [0.15, 0.2) is 0 Å². The first-order valence-electron chi connectivity index (χ1n) is 9.75. The number of benzene rings is 4. The van der Waals surface area contributed by atoms with Crippen molar-refractivity contribution in [3.8, 4) is 11.5 Å². The molecule has 3 heteroatoms. The van der Waals surface area contributed by atoms with Crippen LogP contribution in [0.15, 0.2) is 112 Å². The van der Waals surface area contributed by atoms with Crippen molar-refractivity contribution in [2.24, 2.45) is 0 Å².